The smallest absolute Gasteiger partial charge is 0.213 e. The molecule has 0 saturated carbocycles. The molecule has 6 heteroatoms. The van der Waals surface area contributed by atoms with E-state index in [9.17, 15) is 8.42 Å². The zero-order chi connectivity index (χ0) is 13.9. The number of halogens is 1. The van der Waals surface area contributed by atoms with Crippen LogP contribution in [-0.4, -0.2) is 49.6 Å². The van der Waals surface area contributed by atoms with Crippen molar-refractivity contribution in [3.05, 3.63) is 34.3 Å². The van der Waals surface area contributed by atoms with Gasteiger partial charge in [0, 0.05) is 37.2 Å². The highest BCUT2D eigenvalue weighted by molar-refractivity contribution is 9.10. The van der Waals surface area contributed by atoms with Crippen LogP contribution in [0, 0.1) is 0 Å². The summed E-state index contributed by atoms with van der Waals surface area (Å²) in [5.41, 5.74) is 1.26. The van der Waals surface area contributed by atoms with E-state index in [0.29, 0.717) is 13.1 Å². The van der Waals surface area contributed by atoms with Gasteiger partial charge in [-0.1, -0.05) is 28.1 Å². The second-order valence-electron chi connectivity index (χ2n) is 4.70. The van der Waals surface area contributed by atoms with Gasteiger partial charge in [0.1, 0.15) is 0 Å². The summed E-state index contributed by atoms with van der Waals surface area (Å²) in [5.74, 6) is 0.194. The summed E-state index contributed by atoms with van der Waals surface area (Å²) in [6.07, 6.45) is 0. The molecular weight excluding hydrogens is 328 g/mol. The first-order valence-corrected chi connectivity index (χ1v) is 8.86. The Bertz CT molecular complexity index is 508. The van der Waals surface area contributed by atoms with Gasteiger partial charge in [-0.25, -0.2) is 8.42 Å². The fraction of sp³-hybridized carbons (Fsp3) is 0.538. The van der Waals surface area contributed by atoms with E-state index in [-0.39, 0.29) is 5.75 Å². The van der Waals surface area contributed by atoms with Crippen molar-refractivity contribution in [1.82, 2.24) is 9.21 Å². The van der Waals surface area contributed by atoms with Gasteiger partial charge >= 0.3 is 0 Å². The highest BCUT2D eigenvalue weighted by atomic mass is 79.9. The van der Waals surface area contributed by atoms with Crippen molar-refractivity contribution in [2.24, 2.45) is 0 Å². The fourth-order valence-electron chi connectivity index (χ4n) is 2.20. The Morgan fingerprint density at radius 1 is 1.11 bits per heavy atom. The summed E-state index contributed by atoms with van der Waals surface area (Å²) in [6, 6.07) is 8.26. The lowest BCUT2D eigenvalue weighted by Crippen LogP contribution is -2.48. The zero-order valence-corrected chi connectivity index (χ0v) is 13.5. The lowest BCUT2D eigenvalue weighted by Gasteiger charge is -2.33. The molecule has 106 valence electrons. The maximum atomic E-state index is 11.8. The molecule has 1 saturated heterocycles. The van der Waals surface area contributed by atoms with E-state index in [1.807, 2.05) is 12.1 Å². The van der Waals surface area contributed by atoms with Crippen molar-refractivity contribution in [2.75, 3.05) is 31.9 Å². The molecule has 1 aliphatic rings. The molecule has 0 N–H and O–H groups in total. The zero-order valence-electron chi connectivity index (χ0n) is 11.0. The number of nitrogens with zero attached hydrogens (tertiary/aromatic N) is 2. The third-order valence-electron chi connectivity index (χ3n) is 3.41. The molecule has 1 heterocycles. The van der Waals surface area contributed by atoms with Crippen LogP contribution >= 0.6 is 15.9 Å². The summed E-state index contributed by atoms with van der Waals surface area (Å²) in [5, 5.41) is 0. The monoisotopic (exact) mass is 346 g/mol. The summed E-state index contributed by atoms with van der Waals surface area (Å²) < 4.78 is 26.2. The Morgan fingerprint density at radius 2 is 1.68 bits per heavy atom. The number of piperazine rings is 1. The molecule has 1 fully saturated rings. The predicted octanol–water partition coefficient (Wildman–Crippen LogP) is 1.92. The molecule has 1 aliphatic heterocycles. The highest BCUT2D eigenvalue weighted by Crippen LogP contribution is 2.14. The second kappa shape index (κ2) is 6.35. The molecular formula is C13H19BrN2O2S. The van der Waals surface area contributed by atoms with E-state index in [4.69, 9.17) is 0 Å². The maximum absolute atomic E-state index is 11.8. The first-order chi connectivity index (χ1) is 9.01. The average molecular weight is 347 g/mol. The summed E-state index contributed by atoms with van der Waals surface area (Å²) >= 11 is 3.42. The molecule has 0 aliphatic carbocycles. The van der Waals surface area contributed by atoms with Crippen molar-refractivity contribution in [3.8, 4) is 0 Å². The Balaban J connectivity index is 1.89. The van der Waals surface area contributed by atoms with Gasteiger partial charge in [0.2, 0.25) is 10.0 Å². The first-order valence-electron chi connectivity index (χ1n) is 6.46. The Labute approximate surface area is 123 Å². The van der Waals surface area contributed by atoms with Crippen LogP contribution < -0.4 is 0 Å². The first kappa shape index (κ1) is 15.0. The Kier molecular flexibility index (Phi) is 5.00. The van der Waals surface area contributed by atoms with Crippen LogP contribution in [0.1, 0.15) is 12.5 Å². The van der Waals surface area contributed by atoms with Gasteiger partial charge in [-0.15, -0.1) is 0 Å². The average Bonchev–Trinajstić information content (AvgIpc) is 2.42. The van der Waals surface area contributed by atoms with Crippen LogP contribution in [0.25, 0.3) is 0 Å². The van der Waals surface area contributed by atoms with Gasteiger partial charge in [0.15, 0.2) is 0 Å². The molecule has 0 amide bonds. The maximum Gasteiger partial charge on any atom is 0.213 e. The number of sulfonamides is 1. The van der Waals surface area contributed by atoms with Gasteiger partial charge in [0.05, 0.1) is 5.75 Å². The van der Waals surface area contributed by atoms with Gasteiger partial charge in [-0.2, -0.15) is 4.31 Å². The number of hydrogen-bond acceptors (Lipinski definition) is 3. The minimum absolute atomic E-state index is 0.194. The van der Waals surface area contributed by atoms with Crippen molar-refractivity contribution in [3.63, 3.8) is 0 Å². The predicted molar refractivity (Wildman–Crippen MR) is 80.5 cm³/mol. The van der Waals surface area contributed by atoms with E-state index in [1.54, 1.807) is 11.2 Å². The topological polar surface area (TPSA) is 40.6 Å². The molecule has 0 spiro atoms. The summed E-state index contributed by atoms with van der Waals surface area (Å²) in [6.45, 7) is 5.39. The Morgan fingerprint density at radius 3 is 2.21 bits per heavy atom. The molecule has 19 heavy (non-hydrogen) atoms. The van der Waals surface area contributed by atoms with Crippen LogP contribution in [-0.2, 0) is 16.6 Å². The van der Waals surface area contributed by atoms with Crippen molar-refractivity contribution >= 4 is 26.0 Å². The third-order valence-corrected chi connectivity index (χ3v) is 5.82. The molecule has 2 rings (SSSR count). The summed E-state index contributed by atoms with van der Waals surface area (Å²) in [4.78, 5) is 2.30. The quantitative estimate of drug-likeness (QED) is 0.836. The number of rotatable bonds is 4. The minimum atomic E-state index is -3.02. The summed E-state index contributed by atoms with van der Waals surface area (Å²) in [7, 11) is -3.02. The van der Waals surface area contributed by atoms with Crippen LogP contribution in [0.3, 0.4) is 0 Å². The molecule has 1 aromatic rings. The molecule has 0 aromatic heterocycles. The van der Waals surface area contributed by atoms with Crippen LogP contribution in [0.2, 0.25) is 0 Å². The molecule has 0 radical (unpaired) electrons. The molecule has 1 aromatic carbocycles. The Hall–Kier alpha value is -0.430. The minimum Gasteiger partial charge on any atom is -0.296 e. The van der Waals surface area contributed by atoms with E-state index >= 15 is 0 Å². The van der Waals surface area contributed by atoms with Crippen molar-refractivity contribution in [2.45, 2.75) is 13.5 Å². The van der Waals surface area contributed by atoms with Gasteiger partial charge in [-0.3, -0.25) is 4.90 Å². The molecule has 0 bridgehead atoms. The van der Waals surface area contributed by atoms with Crippen LogP contribution in [0.15, 0.2) is 28.7 Å². The van der Waals surface area contributed by atoms with E-state index in [1.165, 1.54) is 5.56 Å². The van der Waals surface area contributed by atoms with Crippen molar-refractivity contribution < 1.29 is 8.42 Å². The standard InChI is InChI=1S/C13H19BrN2O2S/c1-2-19(17,18)16-9-7-15(8-10-16)11-12-3-5-13(14)6-4-12/h3-6H,2,7-11H2,1H3. The SMILES string of the molecule is CCS(=O)(=O)N1CCN(Cc2ccc(Br)cc2)CC1. The largest absolute Gasteiger partial charge is 0.296 e. The number of hydrogen-bond donors (Lipinski definition) is 0. The third kappa shape index (κ3) is 4.02. The second-order valence-corrected chi connectivity index (χ2v) is 7.88. The van der Waals surface area contributed by atoms with E-state index in [0.717, 1.165) is 24.1 Å². The van der Waals surface area contributed by atoms with Crippen molar-refractivity contribution in [1.29, 1.82) is 0 Å². The molecule has 0 unspecified atom stereocenters. The fourth-order valence-corrected chi connectivity index (χ4v) is 3.55. The van der Waals surface area contributed by atoms with Gasteiger partial charge in [0.25, 0.3) is 0 Å². The lowest BCUT2D eigenvalue weighted by atomic mass is 10.2. The molecule has 4 nitrogen and oxygen atoms in total. The normalized spacial score (nSPS) is 18.6. The lowest BCUT2D eigenvalue weighted by molar-refractivity contribution is 0.181. The van der Waals surface area contributed by atoms with Gasteiger partial charge in [-0.05, 0) is 24.6 Å². The van der Waals surface area contributed by atoms with Gasteiger partial charge < -0.3 is 0 Å². The van der Waals surface area contributed by atoms with E-state index < -0.39 is 10.0 Å². The molecule has 0 atom stereocenters. The van der Waals surface area contributed by atoms with Crippen LogP contribution in [0.4, 0.5) is 0 Å². The van der Waals surface area contributed by atoms with E-state index in [2.05, 4.69) is 33.0 Å². The highest BCUT2D eigenvalue weighted by Gasteiger charge is 2.25. The number of benzene rings is 1. The van der Waals surface area contributed by atoms with Crippen LogP contribution in [0.5, 0.6) is 0 Å².